The van der Waals surface area contributed by atoms with Gasteiger partial charge in [-0.05, 0) is 31.1 Å². The maximum Gasteiger partial charge on any atom is 0.282 e. The Labute approximate surface area is 161 Å². The van der Waals surface area contributed by atoms with E-state index in [0.29, 0.717) is 21.6 Å². The summed E-state index contributed by atoms with van der Waals surface area (Å²) in [5.74, 6) is -0.255. The third kappa shape index (κ3) is 4.77. The number of halogens is 1. The Morgan fingerprint density at radius 2 is 1.81 bits per heavy atom. The summed E-state index contributed by atoms with van der Waals surface area (Å²) < 4.78 is 0. The fourth-order valence-corrected chi connectivity index (χ4v) is 3.29. The molecule has 1 heterocycles. The zero-order valence-electron chi connectivity index (χ0n) is 14.5. The largest absolute Gasteiger partial charge is 0.346 e. The number of carbonyl (C=O) groups excluding carboxylic acids is 1. The van der Waals surface area contributed by atoms with Gasteiger partial charge in [0.25, 0.3) is 5.91 Å². The van der Waals surface area contributed by atoms with E-state index in [1.807, 2.05) is 68.5 Å². The number of amides is 1. The van der Waals surface area contributed by atoms with E-state index in [2.05, 4.69) is 15.5 Å². The molecule has 0 spiro atoms. The van der Waals surface area contributed by atoms with E-state index in [-0.39, 0.29) is 5.91 Å². The van der Waals surface area contributed by atoms with E-state index in [0.717, 1.165) is 16.7 Å². The minimum atomic E-state index is -0.255. The second kappa shape index (κ2) is 8.25. The Morgan fingerprint density at radius 3 is 2.54 bits per heavy atom. The first-order chi connectivity index (χ1) is 12.5. The summed E-state index contributed by atoms with van der Waals surface area (Å²) >= 11 is 7.51. The van der Waals surface area contributed by atoms with Crippen LogP contribution in [0.4, 0.5) is 0 Å². The summed E-state index contributed by atoms with van der Waals surface area (Å²) in [6, 6.07) is 16.0. The monoisotopic (exact) mass is 383 g/mol. The molecule has 3 aromatic rings. The van der Waals surface area contributed by atoms with Crippen molar-refractivity contribution < 1.29 is 4.79 Å². The number of rotatable bonds is 5. The van der Waals surface area contributed by atoms with Crippen molar-refractivity contribution in [1.82, 2.24) is 15.5 Å². The average Bonchev–Trinajstić information content (AvgIpc) is 3.11. The Bertz CT molecular complexity index is 948. The maximum absolute atomic E-state index is 12.3. The van der Waals surface area contributed by atoms with Crippen LogP contribution in [0.25, 0.3) is 11.1 Å². The Kier molecular flexibility index (Phi) is 5.81. The van der Waals surface area contributed by atoms with Gasteiger partial charge < -0.3 is 5.32 Å². The van der Waals surface area contributed by atoms with Crippen molar-refractivity contribution >= 4 is 40.0 Å². The van der Waals surface area contributed by atoms with Crippen LogP contribution in [-0.2, 0) is 6.54 Å². The molecule has 0 saturated carbocycles. The number of benzene rings is 2. The molecule has 0 bridgehead atoms. The van der Waals surface area contributed by atoms with Crippen LogP contribution >= 0.6 is 22.9 Å². The molecule has 0 saturated heterocycles. The lowest BCUT2D eigenvalue weighted by Gasteiger charge is -2.03. The van der Waals surface area contributed by atoms with Crippen molar-refractivity contribution in [2.24, 2.45) is 0 Å². The third-order valence-electron chi connectivity index (χ3n) is 3.73. The van der Waals surface area contributed by atoms with Crippen molar-refractivity contribution in [2.45, 2.75) is 20.4 Å². The second-order valence-electron chi connectivity index (χ2n) is 5.99. The molecule has 4 nitrogen and oxygen atoms in total. The smallest absolute Gasteiger partial charge is 0.282 e. The minimum Gasteiger partial charge on any atom is -0.346 e. The summed E-state index contributed by atoms with van der Waals surface area (Å²) in [6.07, 6.45) is 1.82. The predicted octanol–water partition coefficient (Wildman–Crippen LogP) is 4.82. The lowest BCUT2D eigenvalue weighted by molar-refractivity contribution is 0.0950. The van der Waals surface area contributed by atoms with Crippen LogP contribution in [-0.4, -0.2) is 16.1 Å². The van der Waals surface area contributed by atoms with E-state index in [9.17, 15) is 4.79 Å². The molecule has 2 aromatic carbocycles. The normalized spacial score (nSPS) is 11.4. The molecule has 132 valence electrons. The number of nitrogens with one attached hydrogen (secondary N) is 1. The molecule has 0 aliphatic carbocycles. The van der Waals surface area contributed by atoms with E-state index < -0.39 is 0 Å². The van der Waals surface area contributed by atoms with Gasteiger partial charge in [-0.3, -0.25) is 4.79 Å². The summed E-state index contributed by atoms with van der Waals surface area (Å²) in [7, 11) is 0. The fraction of sp³-hybridized carbons (Fsp3) is 0.150. The number of hydrogen-bond acceptors (Lipinski definition) is 4. The van der Waals surface area contributed by atoms with E-state index in [4.69, 9.17) is 11.6 Å². The summed E-state index contributed by atoms with van der Waals surface area (Å²) in [6.45, 7) is 4.49. The molecule has 1 aromatic heterocycles. The van der Waals surface area contributed by atoms with Crippen LogP contribution in [0.3, 0.4) is 0 Å². The molecule has 0 aliphatic heterocycles. The molecule has 0 atom stereocenters. The molecule has 0 radical (unpaired) electrons. The molecule has 0 aliphatic rings. The molecule has 0 unspecified atom stereocenters. The van der Waals surface area contributed by atoms with E-state index in [1.54, 1.807) is 0 Å². The highest BCUT2D eigenvalue weighted by Gasteiger charge is 2.14. The SMILES string of the molecule is Cc1ccc(CNC(=O)c2nnc(/C(Cl)=C/c3cccc(C)c3)s2)cc1. The summed E-state index contributed by atoms with van der Waals surface area (Å²) in [5.41, 5.74) is 4.35. The molecular weight excluding hydrogens is 366 g/mol. The molecule has 26 heavy (non-hydrogen) atoms. The standard InChI is InChI=1S/C20H18ClN3OS/c1-13-6-8-15(9-7-13)12-22-18(25)20-24-23-19(26-20)17(21)11-16-5-3-4-14(2)10-16/h3-11H,12H2,1-2H3,(H,22,25)/b17-11-. The van der Waals surface area contributed by atoms with Crippen molar-refractivity contribution in [1.29, 1.82) is 0 Å². The molecule has 6 heteroatoms. The quantitative estimate of drug-likeness (QED) is 0.687. The van der Waals surface area contributed by atoms with E-state index >= 15 is 0 Å². The van der Waals surface area contributed by atoms with Gasteiger partial charge in [-0.1, -0.05) is 82.6 Å². The van der Waals surface area contributed by atoms with Gasteiger partial charge in [0.15, 0.2) is 5.01 Å². The molecule has 1 amide bonds. The first-order valence-corrected chi connectivity index (χ1v) is 9.32. The fourth-order valence-electron chi connectivity index (χ4n) is 2.34. The average molecular weight is 384 g/mol. The Morgan fingerprint density at radius 1 is 1.08 bits per heavy atom. The van der Waals surface area contributed by atoms with Gasteiger partial charge in [-0.15, -0.1) is 10.2 Å². The lowest BCUT2D eigenvalue weighted by Crippen LogP contribution is -2.22. The lowest BCUT2D eigenvalue weighted by atomic mass is 10.1. The van der Waals surface area contributed by atoms with Crippen LogP contribution in [0.2, 0.25) is 0 Å². The van der Waals surface area contributed by atoms with Gasteiger partial charge in [0.1, 0.15) is 0 Å². The van der Waals surface area contributed by atoms with Crippen LogP contribution in [0, 0.1) is 13.8 Å². The van der Waals surface area contributed by atoms with Crippen molar-refractivity contribution in [3.8, 4) is 0 Å². The minimum absolute atomic E-state index is 0.255. The molecule has 1 N–H and O–H groups in total. The zero-order chi connectivity index (χ0) is 18.5. The number of hydrogen-bond donors (Lipinski definition) is 1. The Hall–Kier alpha value is -2.50. The number of carbonyl (C=O) groups is 1. The van der Waals surface area contributed by atoms with Crippen molar-refractivity contribution in [2.75, 3.05) is 0 Å². The van der Waals surface area contributed by atoms with E-state index in [1.165, 1.54) is 16.9 Å². The van der Waals surface area contributed by atoms with Crippen molar-refractivity contribution in [3.05, 3.63) is 80.8 Å². The van der Waals surface area contributed by atoms with Gasteiger partial charge in [0.2, 0.25) is 5.01 Å². The highest BCUT2D eigenvalue weighted by Crippen LogP contribution is 2.25. The highest BCUT2D eigenvalue weighted by atomic mass is 35.5. The maximum atomic E-state index is 12.3. The van der Waals surface area contributed by atoms with Gasteiger partial charge in [0, 0.05) is 6.54 Å². The van der Waals surface area contributed by atoms with Crippen LogP contribution in [0.5, 0.6) is 0 Å². The molecular formula is C20H18ClN3OS. The van der Waals surface area contributed by atoms with Gasteiger partial charge >= 0.3 is 0 Å². The number of aryl methyl sites for hydroxylation is 2. The molecule has 0 fully saturated rings. The number of aromatic nitrogens is 2. The summed E-state index contributed by atoms with van der Waals surface area (Å²) in [5, 5.41) is 12.1. The Balaban J connectivity index is 1.66. The highest BCUT2D eigenvalue weighted by molar-refractivity contribution is 7.15. The van der Waals surface area contributed by atoms with Gasteiger partial charge in [0.05, 0.1) is 5.03 Å². The zero-order valence-corrected chi connectivity index (χ0v) is 16.1. The first kappa shape index (κ1) is 18.3. The van der Waals surface area contributed by atoms with Gasteiger partial charge in [-0.2, -0.15) is 0 Å². The van der Waals surface area contributed by atoms with Gasteiger partial charge in [-0.25, -0.2) is 0 Å². The predicted molar refractivity (Wildman–Crippen MR) is 107 cm³/mol. The van der Waals surface area contributed by atoms with Crippen LogP contribution in [0.15, 0.2) is 48.5 Å². The van der Waals surface area contributed by atoms with Crippen LogP contribution < -0.4 is 5.32 Å². The van der Waals surface area contributed by atoms with Crippen molar-refractivity contribution in [3.63, 3.8) is 0 Å². The third-order valence-corrected chi connectivity index (χ3v) is 5.09. The second-order valence-corrected chi connectivity index (χ2v) is 7.37. The molecule has 3 rings (SSSR count). The van der Waals surface area contributed by atoms with Crippen LogP contribution in [0.1, 0.15) is 37.1 Å². The number of nitrogens with zero attached hydrogens (tertiary/aromatic N) is 2. The summed E-state index contributed by atoms with van der Waals surface area (Å²) in [4.78, 5) is 12.3. The topological polar surface area (TPSA) is 54.9 Å². The first-order valence-electron chi connectivity index (χ1n) is 8.13.